The van der Waals surface area contributed by atoms with Gasteiger partial charge in [0.1, 0.15) is 11.6 Å². The van der Waals surface area contributed by atoms with Crippen molar-refractivity contribution < 1.29 is 8.78 Å². The molecule has 142 valence electrons. The summed E-state index contributed by atoms with van der Waals surface area (Å²) in [6, 6.07) is 5.94. The Morgan fingerprint density at radius 3 is 2.69 bits per heavy atom. The van der Waals surface area contributed by atoms with Crippen LogP contribution in [0.25, 0.3) is 28.1 Å². The Bertz CT molecular complexity index is 1340. The quantitative estimate of drug-likeness (QED) is 0.536. The number of aromatic nitrogens is 4. The first-order valence-electron chi connectivity index (χ1n) is 9.03. The van der Waals surface area contributed by atoms with Crippen LogP contribution in [0.4, 0.5) is 8.78 Å². The van der Waals surface area contributed by atoms with E-state index in [1.54, 1.807) is 6.20 Å². The Kier molecular flexibility index (Phi) is 4.01. The Labute approximate surface area is 164 Å². The molecule has 0 saturated carbocycles. The van der Waals surface area contributed by atoms with Crippen molar-refractivity contribution in [2.45, 2.75) is 13.0 Å². The second-order valence-corrected chi connectivity index (χ2v) is 6.86. The van der Waals surface area contributed by atoms with Gasteiger partial charge in [0.2, 0.25) is 0 Å². The van der Waals surface area contributed by atoms with E-state index in [1.165, 1.54) is 41.5 Å². The number of nitrogens with zero attached hydrogens (tertiary/aromatic N) is 4. The summed E-state index contributed by atoms with van der Waals surface area (Å²) in [5.41, 5.74) is 2.80. The Morgan fingerprint density at radius 1 is 1.03 bits per heavy atom. The van der Waals surface area contributed by atoms with Gasteiger partial charge in [-0.1, -0.05) is 12.2 Å². The molecular formula is C22H14F2N4O. The molecule has 0 amide bonds. The summed E-state index contributed by atoms with van der Waals surface area (Å²) in [5.74, 6) is -1.45. The van der Waals surface area contributed by atoms with Crippen LogP contribution in [0.3, 0.4) is 0 Å². The molecule has 0 spiro atoms. The third kappa shape index (κ3) is 3.00. The average molecular weight is 388 g/mol. The summed E-state index contributed by atoms with van der Waals surface area (Å²) in [7, 11) is 0. The van der Waals surface area contributed by atoms with Gasteiger partial charge in [-0.15, -0.1) is 0 Å². The van der Waals surface area contributed by atoms with Crippen LogP contribution in [-0.4, -0.2) is 19.5 Å². The molecule has 0 radical (unpaired) electrons. The van der Waals surface area contributed by atoms with Crippen molar-refractivity contribution in [3.8, 4) is 11.1 Å². The molecule has 1 aliphatic rings. The van der Waals surface area contributed by atoms with Gasteiger partial charge in [0.05, 0.1) is 35.7 Å². The monoisotopic (exact) mass is 388 g/mol. The fourth-order valence-corrected chi connectivity index (χ4v) is 3.49. The third-order valence-electron chi connectivity index (χ3n) is 5.04. The number of hydrogen-bond acceptors (Lipinski definition) is 4. The zero-order valence-electron chi connectivity index (χ0n) is 15.1. The highest BCUT2D eigenvalue weighted by Crippen LogP contribution is 2.28. The molecule has 5 nitrogen and oxygen atoms in total. The lowest BCUT2D eigenvalue weighted by atomic mass is 10.0. The highest BCUT2D eigenvalue weighted by Gasteiger charge is 2.16. The minimum atomic E-state index is -0.724. The molecule has 3 aromatic heterocycles. The molecule has 0 bridgehead atoms. The topological polar surface area (TPSA) is 60.7 Å². The molecule has 0 N–H and O–H groups in total. The Morgan fingerprint density at radius 2 is 1.86 bits per heavy atom. The second kappa shape index (κ2) is 6.70. The molecule has 0 aliphatic heterocycles. The number of pyridine rings is 2. The lowest BCUT2D eigenvalue weighted by Gasteiger charge is -2.11. The van der Waals surface area contributed by atoms with Gasteiger partial charge in [-0.3, -0.25) is 19.3 Å². The van der Waals surface area contributed by atoms with Gasteiger partial charge >= 0.3 is 0 Å². The number of rotatable bonds is 3. The van der Waals surface area contributed by atoms with Crippen LogP contribution in [-0.2, 0) is 13.0 Å². The summed E-state index contributed by atoms with van der Waals surface area (Å²) in [6.45, 7) is -0.257. The van der Waals surface area contributed by atoms with Gasteiger partial charge in [-0.25, -0.2) is 13.8 Å². The van der Waals surface area contributed by atoms with Crippen LogP contribution >= 0.6 is 0 Å². The van der Waals surface area contributed by atoms with Crippen molar-refractivity contribution >= 4 is 17.0 Å². The lowest BCUT2D eigenvalue weighted by Crippen LogP contribution is -2.22. The van der Waals surface area contributed by atoms with Crippen LogP contribution in [0.5, 0.6) is 0 Å². The van der Waals surface area contributed by atoms with Crippen molar-refractivity contribution in [1.29, 1.82) is 0 Å². The van der Waals surface area contributed by atoms with Crippen LogP contribution in [0.2, 0.25) is 0 Å². The number of hydrogen-bond donors (Lipinski definition) is 0. The largest absolute Gasteiger partial charge is 0.294 e. The number of halogens is 2. The molecule has 0 unspecified atom stereocenters. The number of fused-ring (bicyclic) bond motifs is 2. The van der Waals surface area contributed by atoms with Crippen molar-refractivity contribution in [2.24, 2.45) is 0 Å². The first kappa shape index (κ1) is 17.4. The average Bonchev–Trinajstić information content (AvgIpc) is 3.20. The summed E-state index contributed by atoms with van der Waals surface area (Å²) < 4.78 is 30.7. The zero-order chi connectivity index (χ0) is 20.0. The van der Waals surface area contributed by atoms with Crippen LogP contribution in [0.15, 0.2) is 60.1 Å². The molecule has 3 heterocycles. The van der Waals surface area contributed by atoms with Gasteiger partial charge in [-0.05, 0) is 35.4 Å². The molecule has 0 fully saturated rings. The maximum absolute atomic E-state index is 14.8. The maximum atomic E-state index is 14.8. The van der Waals surface area contributed by atoms with E-state index in [1.807, 2.05) is 18.2 Å². The highest BCUT2D eigenvalue weighted by atomic mass is 19.1. The molecule has 5 rings (SSSR count). The van der Waals surface area contributed by atoms with Crippen LogP contribution in [0.1, 0.15) is 16.8 Å². The van der Waals surface area contributed by atoms with Gasteiger partial charge in [0, 0.05) is 29.9 Å². The Balaban J connectivity index is 1.53. The van der Waals surface area contributed by atoms with E-state index in [2.05, 4.69) is 15.0 Å². The summed E-state index contributed by atoms with van der Waals surface area (Å²) in [6.07, 6.45) is 10.5. The minimum absolute atomic E-state index is 0.194. The van der Waals surface area contributed by atoms with E-state index in [4.69, 9.17) is 0 Å². The smallest absolute Gasteiger partial charge is 0.261 e. The molecule has 0 atom stereocenters. The predicted molar refractivity (Wildman–Crippen MR) is 105 cm³/mol. The Hall–Kier alpha value is -3.74. The van der Waals surface area contributed by atoms with Crippen molar-refractivity contribution in [1.82, 2.24) is 19.5 Å². The van der Waals surface area contributed by atoms with Crippen molar-refractivity contribution in [2.75, 3.05) is 0 Å². The predicted octanol–water partition coefficient (Wildman–Crippen LogP) is 3.75. The van der Waals surface area contributed by atoms with Gasteiger partial charge in [-0.2, -0.15) is 0 Å². The van der Waals surface area contributed by atoms with Gasteiger partial charge in [0.15, 0.2) is 0 Å². The molecule has 0 saturated heterocycles. The molecular weight excluding hydrogens is 374 g/mol. The first-order chi connectivity index (χ1) is 14.1. The normalized spacial score (nSPS) is 12.5. The van der Waals surface area contributed by atoms with Crippen molar-refractivity contribution in [3.05, 3.63) is 94.1 Å². The summed E-state index contributed by atoms with van der Waals surface area (Å²) in [4.78, 5) is 25.0. The molecule has 29 heavy (non-hydrogen) atoms. The first-order valence-corrected chi connectivity index (χ1v) is 9.03. The summed E-state index contributed by atoms with van der Waals surface area (Å²) >= 11 is 0. The van der Waals surface area contributed by atoms with E-state index in [0.29, 0.717) is 22.0 Å². The van der Waals surface area contributed by atoms with Gasteiger partial charge < -0.3 is 0 Å². The SMILES string of the molecule is O=c1c2ccncc2ncn1Cc1c(F)cc(-c2cnc3c(c2)C=CC3)cc1F. The van der Waals surface area contributed by atoms with E-state index in [0.717, 1.165) is 17.7 Å². The molecule has 7 heteroatoms. The molecule has 1 aromatic carbocycles. The van der Waals surface area contributed by atoms with Crippen molar-refractivity contribution in [3.63, 3.8) is 0 Å². The maximum Gasteiger partial charge on any atom is 0.261 e. The van der Waals surface area contributed by atoms with E-state index >= 15 is 0 Å². The standard InChI is InChI=1S/C22H14F2N4O/c23-18-7-14(15-6-13-2-1-3-20(13)26-9-15)8-19(24)17(18)11-28-12-27-21-10-25-5-4-16(21)22(28)29/h1-2,4-10,12H,3,11H2. The molecule has 4 aromatic rings. The third-order valence-corrected chi connectivity index (χ3v) is 5.04. The van der Waals surface area contributed by atoms with Gasteiger partial charge in [0.25, 0.3) is 5.56 Å². The van der Waals surface area contributed by atoms with E-state index in [9.17, 15) is 13.6 Å². The van der Waals surface area contributed by atoms with E-state index in [-0.39, 0.29) is 17.7 Å². The zero-order valence-corrected chi connectivity index (χ0v) is 15.1. The number of allylic oxidation sites excluding steroid dienone is 1. The lowest BCUT2D eigenvalue weighted by molar-refractivity contribution is 0.541. The molecule has 1 aliphatic carbocycles. The van der Waals surface area contributed by atoms with Crippen LogP contribution in [0, 0.1) is 11.6 Å². The minimum Gasteiger partial charge on any atom is -0.294 e. The fraction of sp³-hybridized carbons (Fsp3) is 0.0909. The van der Waals surface area contributed by atoms with Crippen LogP contribution < -0.4 is 5.56 Å². The van der Waals surface area contributed by atoms with E-state index < -0.39 is 11.6 Å². The fourth-order valence-electron chi connectivity index (χ4n) is 3.49. The second-order valence-electron chi connectivity index (χ2n) is 6.86. The number of benzene rings is 1. The highest BCUT2D eigenvalue weighted by molar-refractivity contribution is 5.75. The summed E-state index contributed by atoms with van der Waals surface area (Å²) in [5, 5.41) is 0.345.